The molecule has 1 atom stereocenters. The van der Waals surface area contributed by atoms with E-state index in [1.807, 2.05) is 30.3 Å². The maximum absolute atomic E-state index is 14.5. The Morgan fingerprint density at radius 1 is 0.931 bits per heavy atom. The maximum atomic E-state index is 14.5. The summed E-state index contributed by atoms with van der Waals surface area (Å²) in [5, 5.41) is 10.9. The topological polar surface area (TPSA) is 68.0 Å². The van der Waals surface area contributed by atoms with E-state index in [1.54, 1.807) is 42.5 Å². The predicted octanol–water partition coefficient (Wildman–Crippen LogP) is 5.16. The van der Waals surface area contributed by atoms with Crippen molar-refractivity contribution in [3.63, 3.8) is 0 Å². The summed E-state index contributed by atoms with van der Waals surface area (Å²) in [6.07, 6.45) is 0. The molecule has 5 nitrogen and oxygen atoms in total. The molecule has 0 aliphatic carbocycles. The van der Waals surface area contributed by atoms with Crippen LogP contribution < -0.4 is 5.32 Å². The number of nitrogens with zero attached hydrogens (tertiary/aromatic N) is 2. The minimum atomic E-state index is -0.944. The van der Waals surface area contributed by atoms with Gasteiger partial charge in [0.1, 0.15) is 11.9 Å². The molecule has 0 aliphatic heterocycles. The molecular formula is C22H15BrFN3O2. The number of aromatic nitrogens is 2. The molecule has 1 amide bonds. The Morgan fingerprint density at radius 3 is 2.38 bits per heavy atom. The van der Waals surface area contributed by atoms with Crippen LogP contribution in [0.3, 0.4) is 0 Å². The van der Waals surface area contributed by atoms with Crippen LogP contribution in [0.5, 0.6) is 0 Å². The van der Waals surface area contributed by atoms with Gasteiger partial charge in [-0.2, -0.15) is 0 Å². The van der Waals surface area contributed by atoms with Crippen molar-refractivity contribution >= 4 is 21.8 Å². The first-order valence-corrected chi connectivity index (χ1v) is 9.61. The Kier molecular flexibility index (Phi) is 5.48. The van der Waals surface area contributed by atoms with Crippen molar-refractivity contribution in [2.45, 2.75) is 6.04 Å². The Bertz CT molecular complexity index is 1150. The van der Waals surface area contributed by atoms with Gasteiger partial charge in [0.25, 0.3) is 5.91 Å². The number of hydrogen-bond acceptors (Lipinski definition) is 4. The third kappa shape index (κ3) is 4.09. The van der Waals surface area contributed by atoms with Gasteiger partial charge in [-0.15, -0.1) is 10.2 Å². The van der Waals surface area contributed by atoms with Gasteiger partial charge >= 0.3 is 0 Å². The van der Waals surface area contributed by atoms with Crippen LogP contribution in [-0.2, 0) is 0 Å². The summed E-state index contributed by atoms with van der Waals surface area (Å²) in [6.45, 7) is 0. The van der Waals surface area contributed by atoms with Crippen LogP contribution in [0, 0.1) is 5.82 Å². The zero-order chi connectivity index (χ0) is 20.2. The van der Waals surface area contributed by atoms with Crippen LogP contribution in [0.4, 0.5) is 4.39 Å². The molecule has 1 aromatic heterocycles. The molecule has 0 saturated carbocycles. The van der Waals surface area contributed by atoms with Crippen molar-refractivity contribution in [3.05, 3.63) is 106 Å². The molecule has 3 aromatic carbocycles. The lowest BCUT2D eigenvalue weighted by molar-refractivity contribution is 0.0936. The minimum absolute atomic E-state index is 0.0920. The monoisotopic (exact) mass is 451 g/mol. The van der Waals surface area contributed by atoms with Gasteiger partial charge in [0, 0.05) is 15.6 Å². The molecule has 4 aromatic rings. The Hall–Kier alpha value is -3.32. The molecule has 0 aliphatic rings. The molecule has 0 radical (unpaired) electrons. The normalized spacial score (nSPS) is 11.8. The van der Waals surface area contributed by atoms with Crippen LogP contribution in [0.25, 0.3) is 11.5 Å². The zero-order valence-corrected chi connectivity index (χ0v) is 16.6. The van der Waals surface area contributed by atoms with Crippen molar-refractivity contribution in [2.24, 2.45) is 0 Å². The average Bonchev–Trinajstić information content (AvgIpc) is 3.23. The second-order valence-corrected chi connectivity index (χ2v) is 7.07. The largest absolute Gasteiger partial charge is 0.418 e. The van der Waals surface area contributed by atoms with E-state index in [0.717, 1.165) is 5.56 Å². The molecule has 29 heavy (non-hydrogen) atoms. The summed E-state index contributed by atoms with van der Waals surface area (Å²) in [4.78, 5) is 12.9. The van der Waals surface area contributed by atoms with E-state index in [-0.39, 0.29) is 17.3 Å². The van der Waals surface area contributed by atoms with E-state index < -0.39 is 17.8 Å². The second kappa shape index (κ2) is 8.36. The number of carbonyl (C=O) groups is 1. The van der Waals surface area contributed by atoms with E-state index in [2.05, 4.69) is 31.4 Å². The molecule has 0 saturated heterocycles. The van der Waals surface area contributed by atoms with Gasteiger partial charge in [0.2, 0.25) is 11.8 Å². The number of benzene rings is 3. The van der Waals surface area contributed by atoms with Crippen molar-refractivity contribution in [3.8, 4) is 11.5 Å². The fraction of sp³-hybridized carbons (Fsp3) is 0.0455. The first-order valence-electron chi connectivity index (χ1n) is 8.82. The molecule has 0 fully saturated rings. The van der Waals surface area contributed by atoms with Gasteiger partial charge < -0.3 is 9.73 Å². The van der Waals surface area contributed by atoms with Crippen LogP contribution in [-0.4, -0.2) is 16.1 Å². The summed E-state index contributed by atoms with van der Waals surface area (Å²) < 4.78 is 21.0. The summed E-state index contributed by atoms with van der Waals surface area (Å²) in [5.41, 5.74) is 1.38. The van der Waals surface area contributed by atoms with Crippen LogP contribution in [0.1, 0.15) is 27.9 Å². The quantitative estimate of drug-likeness (QED) is 0.455. The van der Waals surface area contributed by atoms with E-state index in [9.17, 15) is 9.18 Å². The van der Waals surface area contributed by atoms with E-state index in [4.69, 9.17) is 4.42 Å². The van der Waals surface area contributed by atoms with Gasteiger partial charge in [0.15, 0.2) is 0 Å². The third-order valence-corrected chi connectivity index (χ3v) is 5.01. The number of carbonyl (C=O) groups excluding carboxylic acids is 1. The van der Waals surface area contributed by atoms with Crippen LogP contribution in [0.15, 0.2) is 87.8 Å². The number of hydrogen-bond donors (Lipinski definition) is 1. The SMILES string of the molecule is O=C(N[C@H](c1nnc(-c2ccccc2)o1)c1ccccc1F)c1ccccc1Br. The van der Waals surface area contributed by atoms with Gasteiger partial charge in [-0.3, -0.25) is 4.79 Å². The fourth-order valence-corrected chi connectivity index (χ4v) is 3.35. The molecule has 0 unspecified atom stereocenters. The summed E-state index contributed by atoms with van der Waals surface area (Å²) >= 11 is 3.36. The second-order valence-electron chi connectivity index (χ2n) is 6.22. The molecule has 0 spiro atoms. The van der Waals surface area contributed by atoms with Crippen LogP contribution >= 0.6 is 15.9 Å². The third-order valence-electron chi connectivity index (χ3n) is 4.32. The average molecular weight is 452 g/mol. The highest BCUT2D eigenvalue weighted by Crippen LogP contribution is 2.27. The summed E-state index contributed by atoms with van der Waals surface area (Å²) in [6, 6.07) is 21.4. The van der Waals surface area contributed by atoms with Gasteiger partial charge in [-0.25, -0.2) is 4.39 Å². The highest BCUT2D eigenvalue weighted by Gasteiger charge is 2.27. The van der Waals surface area contributed by atoms with Crippen molar-refractivity contribution in [2.75, 3.05) is 0 Å². The van der Waals surface area contributed by atoms with E-state index in [1.165, 1.54) is 6.07 Å². The molecule has 7 heteroatoms. The fourth-order valence-electron chi connectivity index (χ4n) is 2.88. The number of rotatable bonds is 5. The first-order chi connectivity index (χ1) is 14.1. The predicted molar refractivity (Wildman–Crippen MR) is 110 cm³/mol. The lowest BCUT2D eigenvalue weighted by atomic mass is 10.1. The number of amides is 1. The van der Waals surface area contributed by atoms with Gasteiger partial charge in [-0.1, -0.05) is 48.5 Å². The first kappa shape index (κ1) is 19.0. The number of nitrogens with one attached hydrogen (secondary N) is 1. The summed E-state index contributed by atoms with van der Waals surface area (Å²) in [5.74, 6) is -0.499. The van der Waals surface area contributed by atoms with Crippen molar-refractivity contribution in [1.29, 1.82) is 0 Å². The highest BCUT2D eigenvalue weighted by atomic mass is 79.9. The Balaban J connectivity index is 1.72. The molecule has 144 valence electrons. The van der Waals surface area contributed by atoms with Crippen LogP contribution in [0.2, 0.25) is 0 Å². The minimum Gasteiger partial charge on any atom is -0.418 e. The van der Waals surface area contributed by atoms with Gasteiger partial charge in [-0.05, 0) is 46.3 Å². The molecule has 1 heterocycles. The Labute approximate surface area is 174 Å². The zero-order valence-electron chi connectivity index (χ0n) is 15.0. The Morgan fingerprint density at radius 2 is 1.62 bits per heavy atom. The summed E-state index contributed by atoms with van der Waals surface area (Å²) in [7, 11) is 0. The standard InChI is InChI=1S/C22H15BrFN3O2/c23-17-12-6-4-10-15(17)20(28)25-19(16-11-5-7-13-18(16)24)22-27-26-21(29-22)14-8-2-1-3-9-14/h1-13,19H,(H,25,28)/t19-/m0/s1. The molecule has 4 rings (SSSR count). The lowest BCUT2D eigenvalue weighted by Gasteiger charge is -2.17. The lowest BCUT2D eigenvalue weighted by Crippen LogP contribution is -2.30. The smallest absolute Gasteiger partial charge is 0.253 e. The maximum Gasteiger partial charge on any atom is 0.253 e. The van der Waals surface area contributed by atoms with Gasteiger partial charge in [0.05, 0.1) is 5.56 Å². The van der Waals surface area contributed by atoms with Crippen molar-refractivity contribution in [1.82, 2.24) is 15.5 Å². The number of halogens is 2. The van der Waals surface area contributed by atoms with E-state index >= 15 is 0 Å². The van der Waals surface area contributed by atoms with E-state index in [0.29, 0.717) is 10.0 Å². The van der Waals surface area contributed by atoms with Crippen molar-refractivity contribution < 1.29 is 13.6 Å². The highest BCUT2D eigenvalue weighted by molar-refractivity contribution is 9.10. The molecule has 1 N–H and O–H groups in total. The molecular weight excluding hydrogens is 437 g/mol. The molecule has 0 bridgehead atoms.